The smallest absolute Gasteiger partial charge is 0.130 e. The molecule has 0 amide bonds. The van der Waals surface area contributed by atoms with Crippen molar-refractivity contribution in [2.75, 3.05) is 7.05 Å². The first kappa shape index (κ1) is 15.3. The molecule has 5 heteroatoms. The van der Waals surface area contributed by atoms with Gasteiger partial charge in [-0.2, -0.15) is 5.10 Å². The van der Waals surface area contributed by atoms with Crippen molar-refractivity contribution in [2.45, 2.75) is 31.7 Å². The molecule has 0 spiro atoms. The van der Waals surface area contributed by atoms with Crippen molar-refractivity contribution >= 4 is 12.4 Å². The van der Waals surface area contributed by atoms with Gasteiger partial charge in [-0.05, 0) is 68.6 Å². The lowest BCUT2D eigenvalue weighted by Crippen LogP contribution is -2.43. The van der Waals surface area contributed by atoms with Gasteiger partial charge in [0.25, 0.3) is 0 Å². The first-order valence-electron chi connectivity index (χ1n) is 8.33. The maximum atomic E-state index is 13.2. The quantitative estimate of drug-likeness (QED) is 0.883. The van der Waals surface area contributed by atoms with Crippen molar-refractivity contribution in [3.63, 3.8) is 0 Å². The van der Waals surface area contributed by atoms with Crippen LogP contribution in [0.5, 0.6) is 0 Å². The summed E-state index contributed by atoms with van der Waals surface area (Å²) in [5, 5.41) is 7.79. The lowest BCUT2D eigenvalue weighted by atomic mass is 9.64. The van der Waals surface area contributed by atoms with Gasteiger partial charge in [-0.15, -0.1) is 0 Å². The minimum absolute atomic E-state index is 0.261. The van der Waals surface area contributed by atoms with Gasteiger partial charge in [0.15, 0.2) is 0 Å². The molecular formula is C19H20FN3O. The van der Waals surface area contributed by atoms with E-state index < -0.39 is 5.41 Å². The largest absolute Gasteiger partial charge is 0.317 e. The molecule has 1 aromatic carbocycles. The highest BCUT2D eigenvalue weighted by Gasteiger charge is 2.43. The zero-order chi connectivity index (χ0) is 16.7. The molecule has 1 fully saturated rings. The van der Waals surface area contributed by atoms with E-state index >= 15 is 0 Å². The molecule has 0 aliphatic heterocycles. The second kappa shape index (κ2) is 5.67. The fraction of sp³-hybridized carbons (Fsp3) is 0.368. The number of nitrogens with zero attached hydrogens (tertiary/aromatic N) is 2. The third-order valence-electron chi connectivity index (χ3n) is 5.42. The fourth-order valence-electron chi connectivity index (χ4n) is 4.04. The SMILES string of the molecule is CNC1CCC2=Cc3c(cnn3-c3ccc(F)cc3)CC2(C=O)C1. The summed E-state index contributed by atoms with van der Waals surface area (Å²) in [4.78, 5) is 12.0. The summed E-state index contributed by atoms with van der Waals surface area (Å²) in [6.45, 7) is 0. The standard InChI is InChI=1S/C19H20FN3O/c1-21-16-5-2-14-8-18-13(9-19(14,10-16)12-24)11-22-23(18)17-6-3-15(20)4-7-17/h3-4,6-8,11-12,16,21H,2,5,9-10H2,1H3. The number of nitrogens with one attached hydrogen (secondary N) is 1. The van der Waals surface area contributed by atoms with Gasteiger partial charge in [0, 0.05) is 6.04 Å². The Bertz CT molecular complexity index is 809. The van der Waals surface area contributed by atoms with Crippen LogP contribution in [0.1, 0.15) is 30.5 Å². The molecule has 1 aromatic heterocycles. The van der Waals surface area contributed by atoms with Gasteiger partial charge < -0.3 is 10.1 Å². The van der Waals surface area contributed by atoms with Gasteiger partial charge in [0.1, 0.15) is 12.1 Å². The van der Waals surface area contributed by atoms with Crippen LogP contribution >= 0.6 is 0 Å². The van der Waals surface area contributed by atoms with E-state index in [1.54, 1.807) is 12.1 Å². The van der Waals surface area contributed by atoms with Gasteiger partial charge >= 0.3 is 0 Å². The molecule has 4 nitrogen and oxygen atoms in total. The first-order chi connectivity index (χ1) is 11.6. The van der Waals surface area contributed by atoms with Gasteiger partial charge in [0.2, 0.25) is 0 Å². The van der Waals surface area contributed by atoms with Gasteiger partial charge in [0.05, 0.1) is 23.0 Å². The van der Waals surface area contributed by atoms with Crippen LogP contribution in [0.15, 0.2) is 36.0 Å². The molecule has 2 aliphatic rings. The third-order valence-corrected chi connectivity index (χ3v) is 5.42. The average Bonchev–Trinajstić information content (AvgIpc) is 3.02. The number of aldehydes is 1. The predicted molar refractivity (Wildman–Crippen MR) is 90.4 cm³/mol. The normalized spacial score (nSPS) is 25.6. The summed E-state index contributed by atoms with van der Waals surface area (Å²) < 4.78 is 15.0. The lowest BCUT2D eigenvalue weighted by Gasteiger charge is -2.41. The molecule has 2 unspecified atom stereocenters. The minimum atomic E-state index is -0.407. The van der Waals surface area contributed by atoms with Crippen molar-refractivity contribution in [1.82, 2.24) is 15.1 Å². The number of allylic oxidation sites excluding steroid dienone is 1. The van der Waals surface area contributed by atoms with Crippen LogP contribution in [-0.4, -0.2) is 29.2 Å². The molecule has 2 aromatic rings. The van der Waals surface area contributed by atoms with Gasteiger partial charge in [-0.1, -0.05) is 5.57 Å². The molecule has 4 rings (SSSR count). The van der Waals surface area contributed by atoms with Crippen LogP contribution in [0.25, 0.3) is 11.8 Å². The number of hydrogen-bond acceptors (Lipinski definition) is 3. The number of halogens is 1. The molecule has 1 heterocycles. The Morgan fingerprint density at radius 2 is 2.17 bits per heavy atom. The Kier molecular flexibility index (Phi) is 3.61. The second-order valence-electron chi connectivity index (χ2n) is 6.79. The Labute approximate surface area is 140 Å². The van der Waals surface area contributed by atoms with Crippen LogP contribution in [0.3, 0.4) is 0 Å². The zero-order valence-corrected chi connectivity index (χ0v) is 13.6. The van der Waals surface area contributed by atoms with Crippen molar-refractivity contribution in [3.8, 4) is 5.69 Å². The van der Waals surface area contributed by atoms with E-state index in [0.29, 0.717) is 12.5 Å². The Morgan fingerprint density at radius 3 is 2.88 bits per heavy atom. The van der Waals surface area contributed by atoms with Crippen LogP contribution < -0.4 is 5.32 Å². The number of benzene rings is 1. The van der Waals surface area contributed by atoms with Crippen molar-refractivity contribution in [1.29, 1.82) is 0 Å². The first-order valence-corrected chi connectivity index (χ1v) is 8.33. The average molecular weight is 325 g/mol. The predicted octanol–water partition coefficient (Wildman–Crippen LogP) is 2.91. The molecular weight excluding hydrogens is 305 g/mol. The maximum absolute atomic E-state index is 13.2. The van der Waals surface area contributed by atoms with Gasteiger partial charge in [-0.3, -0.25) is 0 Å². The number of fused-ring (bicyclic) bond motifs is 2. The highest BCUT2D eigenvalue weighted by atomic mass is 19.1. The topological polar surface area (TPSA) is 46.9 Å². The Hall–Kier alpha value is -2.27. The number of hydrogen-bond donors (Lipinski definition) is 1. The fourth-order valence-corrected chi connectivity index (χ4v) is 4.04. The molecule has 24 heavy (non-hydrogen) atoms. The maximum Gasteiger partial charge on any atom is 0.130 e. The molecule has 2 atom stereocenters. The van der Waals surface area contributed by atoms with E-state index in [9.17, 15) is 9.18 Å². The van der Waals surface area contributed by atoms with E-state index in [1.807, 2.05) is 17.9 Å². The summed E-state index contributed by atoms with van der Waals surface area (Å²) in [6.07, 6.45) is 8.56. The number of aromatic nitrogens is 2. The number of rotatable bonds is 3. The van der Waals surface area contributed by atoms with E-state index in [-0.39, 0.29) is 5.82 Å². The lowest BCUT2D eigenvalue weighted by molar-refractivity contribution is -0.115. The van der Waals surface area contributed by atoms with Crippen molar-refractivity contribution in [3.05, 3.63) is 53.1 Å². The van der Waals surface area contributed by atoms with Crippen molar-refractivity contribution in [2.24, 2.45) is 5.41 Å². The minimum Gasteiger partial charge on any atom is -0.317 e. The summed E-state index contributed by atoms with van der Waals surface area (Å²) in [7, 11) is 1.96. The highest BCUT2D eigenvalue weighted by Crippen LogP contribution is 2.46. The number of carbonyl (C=O) groups excluding carboxylic acids is 1. The van der Waals surface area contributed by atoms with Crippen LogP contribution in [-0.2, 0) is 11.2 Å². The molecule has 1 saturated carbocycles. The number of carbonyl (C=O) groups is 1. The van der Waals surface area contributed by atoms with Gasteiger partial charge in [-0.25, -0.2) is 9.07 Å². The van der Waals surface area contributed by atoms with E-state index in [1.165, 1.54) is 17.7 Å². The third kappa shape index (κ3) is 2.31. The van der Waals surface area contributed by atoms with Crippen LogP contribution in [0.2, 0.25) is 0 Å². The van der Waals surface area contributed by atoms with Crippen LogP contribution in [0, 0.1) is 11.2 Å². The van der Waals surface area contributed by atoms with E-state index in [0.717, 1.165) is 42.5 Å². The summed E-state index contributed by atoms with van der Waals surface area (Å²) in [5.74, 6) is -0.261. The summed E-state index contributed by atoms with van der Waals surface area (Å²) >= 11 is 0. The highest BCUT2D eigenvalue weighted by molar-refractivity contribution is 5.75. The monoisotopic (exact) mass is 325 g/mol. The summed E-state index contributed by atoms with van der Waals surface area (Å²) in [6, 6.07) is 6.70. The van der Waals surface area contributed by atoms with E-state index in [2.05, 4.69) is 16.5 Å². The van der Waals surface area contributed by atoms with Crippen molar-refractivity contribution < 1.29 is 9.18 Å². The second-order valence-corrected chi connectivity index (χ2v) is 6.79. The van der Waals surface area contributed by atoms with Crippen LogP contribution in [0.4, 0.5) is 4.39 Å². The molecule has 0 bridgehead atoms. The molecule has 124 valence electrons. The molecule has 1 N–H and O–H groups in total. The molecule has 0 saturated heterocycles. The Balaban J connectivity index is 1.77. The zero-order valence-electron chi connectivity index (χ0n) is 13.6. The molecule has 2 aliphatic carbocycles. The molecule has 0 radical (unpaired) electrons. The summed E-state index contributed by atoms with van der Waals surface area (Å²) in [5.41, 5.74) is 3.71. The Morgan fingerprint density at radius 1 is 1.38 bits per heavy atom. The van der Waals surface area contributed by atoms with E-state index in [4.69, 9.17) is 0 Å².